The summed E-state index contributed by atoms with van der Waals surface area (Å²) in [5, 5.41) is 19.0. The third-order valence-corrected chi connectivity index (χ3v) is 2.14. The molecule has 0 saturated carbocycles. The number of esters is 1. The maximum atomic E-state index is 13.4. The van der Waals surface area contributed by atoms with E-state index < -0.39 is 23.6 Å². The van der Waals surface area contributed by atoms with Gasteiger partial charge in [0.15, 0.2) is 17.6 Å². The predicted octanol–water partition coefficient (Wildman–Crippen LogP) is 1.14. The lowest BCUT2D eigenvalue weighted by Crippen LogP contribution is -2.15. The fourth-order valence-corrected chi connectivity index (χ4v) is 1.29. The van der Waals surface area contributed by atoms with E-state index in [1.54, 1.807) is 6.92 Å². The van der Waals surface area contributed by atoms with Gasteiger partial charge in [-0.05, 0) is 19.1 Å². The molecule has 1 aromatic rings. The molecule has 1 atom stereocenters. The summed E-state index contributed by atoms with van der Waals surface area (Å²) >= 11 is 0. The number of aliphatic hydroxyl groups excluding tert-OH is 1. The molecule has 1 aromatic carbocycles. The highest BCUT2D eigenvalue weighted by atomic mass is 19.1. The van der Waals surface area contributed by atoms with Gasteiger partial charge in [0.2, 0.25) is 5.82 Å². The van der Waals surface area contributed by atoms with Crippen LogP contribution in [0, 0.1) is 5.82 Å². The van der Waals surface area contributed by atoms with Crippen molar-refractivity contribution in [3.8, 4) is 11.5 Å². The van der Waals surface area contributed by atoms with Gasteiger partial charge in [-0.25, -0.2) is 4.79 Å². The largest absolute Gasteiger partial charge is 0.504 e. The summed E-state index contributed by atoms with van der Waals surface area (Å²) in [6.07, 6.45) is -1.73. The van der Waals surface area contributed by atoms with Crippen LogP contribution < -0.4 is 4.74 Å². The SMILES string of the molecule is CCOC(=O)C(O)c1ccc(OC)c(F)c1O. The first-order valence-electron chi connectivity index (χ1n) is 4.93. The lowest BCUT2D eigenvalue weighted by Gasteiger charge is -2.13. The van der Waals surface area contributed by atoms with Crippen molar-refractivity contribution in [1.29, 1.82) is 0 Å². The van der Waals surface area contributed by atoms with E-state index in [0.717, 1.165) is 0 Å². The normalized spacial score (nSPS) is 12.0. The first-order chi connectivity index (χ1) is 8.02. The number of halogens is 1. The Kier molecular flexibility index (Phi) is 4.28. The van der Waals surface area contributed by atoms with Crippen molar-refractivity contribution in [3.05, 3.63) is 23.5 Å². The summed E-state index contributed by atoms with van der Waals surface area (Å²) in [6.45, 7) is 1.65. The molecule has 0 fully saturated rings. The van der Waals surface area contributed by atoms with Crippen molar-refractivity contribution < 1.29 is 28.9 Å². The zero-order valence-corrected chi connectivity index (χ0v) is 9.44. The topological polar surface area (TPSA) is 76.0 Å². The molecule has 1 unspecified atom stereocenters. The van der Waals surface area contributed by atoms with Crippen LogP contribution in [0.25, 0.3) is 0 Å². The number of phenols is 1. The molecule has 0 aromatic heterocycles. The highest BCUT2D eigenvalue weighted by Gasteiger charge is 2.25. The van der Waals surface area contributed by atoms with Crippen LogP contribution in [0.5, 0.6) is 11.5 Å². The number of carbonyl (C=O) groups excluding carboxylic acids is 1. The minimum Gasteiger partial charge on any atom is -0.504 e. The number of phenolic OH excluding ortho intramolecular Hbond substituents is 1. The molecule has 0 aliphatic rings. The number of hydrogen-bond acceptors (Lipinski definition) is 5. The Balaban J connectivity index is 3.07. The van der Waals surface area contributed by atoms with Gasteiger partial charge >= 0.3 is 5.97 Å². The number of hydrogen-bond donors (Lipinski definition) is 2. The lowest BCUT2D eigenvalue weighted by molar-refractivity contribution is -0.153. The van der Waals surface area contributed by atoms with E-state index in [2.05, 4.69) is 9.47 Å². The molecule has 0 radical (unpaired) electrons. The van der Waals surface area contributed by atoms with Crippen molar-refractivity contribution in [3.63, 3.8) is 0 Å². The van der Waals surface area contributed by atoms with Crippen molar-refractivity contribution in [2.45, 2.75) is 13.0 Å². The molecule has 0 amide bonds. The monoisotopic (exact) mass is 244 g/mol. The van der Waals surface area contributed by atoms with Crippen LogP contribution in [0.1, 0.15) is 18.6 Å². The van der Waals surface area contributed by atoms with Crippen LogP contribution in [0.3, 0.4) is 0 Å². The second kappa shape index (κ2) is 5.49. The summed E-state index contributed by atoms with van der Waals surface area (Å²) in [5.74, 6) is -2.99. The Morgan fingerprint density at radius 1 is 1.53 bits per heavy atom. The van der Waals surface area contributed by atoms with Crippen LogP contribution in [0.15, 0.2) is 12.1 Å². The molecule has 0 aliphatic carbocycles. The number of ether oxygens (including phenoxy) is 2. The third-order valence-electron chi connectivity index (χ3n) is 2.14. The molecule has 2 N–H and O–H groups in total. The number of benzene rings is 1. The Labute approximate surface area is 97.4 Å². The van der Waals surface area contributed by atoms with E-state index in [1.807, 2.05) is 0 Å². The van der Waals surface area contributed by atoms with Crippen molar-refractivity contribution in [2.75, 3.05) is 13.7 Å². The fourth-order valence-electron chi connectivity index (χ4n) is 1.29. The van der Waals surface area contributed by atoms with Gasteiger partial charge in [0.05, 0.1) is 13.7 Å². The van der Waals surface area contributed by atoms with Gasteiger partial charge in [-0.3, -0.25) is 0 Å². The summed E-state index contributed by atoms with van der Waals surface area (Å²) in [7, 11) is 1.24. The molecule has 1 rings (SSSR count). The van der Waals surface area contributed by atoms with E-state index in [0.29, 0.717) is 0 Å². The summed E-state index contributed by atoms with van der Waals surface area (Å²) in [5.41, 5.74) is -0.262. The zero-order valence-electron chi connectivity index (χ0n) is 9.44. The summed E-state index contributed by atoms with van der Waals surface area (Å²) in [4.78, 5) is 11.2. The second-order valence-electron chi connectivity index (χ2n) is 3.17. The molecule has 6 heteroatoms. The average Bonchev–Trinajstić information content (AvgIpc) is 2.32. The molecule has 94 valence electrons. The van der Waals surface area contributed by atoms with E-state index in [4.69, 9.17) is 0 Å². The van der Waals surface area contributed by atoms with Gasteiger partial charge in [-0.15, -0.1) is 0 Å². The van der Waals surface area contributed by atoms with Crippen molar-refractivity contribution >= 4 is 5.97 Å². The highest BCUT2D eigenvalue weighted by Crippen LogP contribution is 2.33. The molecule has 0 bridgehead atoms. The summed E-state index contributed by atoms with van der Waals surface area (Å²) < 4.78 is 22.6. The molecular weight excluding hydrogens is 231 g/mol. The van der Waals surface area contributed by atoms with Gasteiger partial charge < -0.3 is 19.7 Å². The minimum atomic E-state index is -1.73. The van der Waals surface area contributed by atoms with Gasteiger partial charge in [0.1, 0.15) is 0 Å². The van der Waals surface area contributed by atoms with E-state index >= 15 is 0 Å². The van der Waals surface area contributed by atoms with Crippen LogP contribution in [-0.2, 0) is 9.53 Å². The molecule has 17 heavy (non-hydrogen) atoms. The smallest absolute Gasteiger partial charge is 0.339 e. The first kappa shape index (κ1) is 13.2. The zero-order chi connectivity index (χ0) is 13.0. The first-order valence-corrected chi connectivity index (χ1v) is 4.93. The number of methoxy groups -OCH3 is 1. The van der Waals surface area contributed by atoms with Gasteiger partial charge in [0, 0.05) is 5.56 Å². The molecule has 0 aliphatic heterocycles. The number of rotatable bonds is 4. The Morgan fingerprint density at radius 2 is 2.18 bits per heavy atom. The Bertz CT molecular complexity index is 419. The van der Waals surface area contributed by atoms with E-state index in [1.165, 1.54) is 19.2 Å². The van der Waals surface area contributed by atoms with Crippen LogP contribution in [-0.4, -0.2) is 29.9 Å². The fraction of sp³-hybridized carbons (Fsp3) is 0.364. The predicted molar refractivity (Wildman–Crippen MR) is 56.2 cm³/mol. The molecule has 0 spiro atoms. The minimum absolute atomic E-state index is 0.0787. The number of carbonyl (C=O) groups is 1. The molecule has 0 heterocycles. The van der Waals surface area contributed by atoms with E-state index in [-0.39, 0.29) is 17.9 Å². The Morgan fingerprint density at radius 3 is 2.71 bits per heavy atom. The highest BCUT2D eigenvalue weighted by molar-refractivity contribution is 5.77. The van der Waals surface area contributed by atoms with Crippen LogP contribution in [0.2, 0.25) is 0 Å². The Hall–Kier alpha value is -1.82. The summed E-state index contributed by atoms with van der Waals surface area (Å²) in [6, 6.07) is 2.39. The number of aliphatic hydroxyl groups is 1. The number of aromatic hydroxyl groups is 1. The maximum absolute atomic E-state index is 13.4. The molecule has 0 saturated heterocycles. The van der Waals surface area contributed by atoms with Crippen molar-refractivity contribution in [2.24, 2.45) is 0 Å². The maximum Gasteiger partial charge on any atom is 0.339 e. The molecular formula is C11H13FO5. The average molecular weight is 244 g/mol. The van der Waals surface area contributed by atoms with Crippen molar-refractivity contribution in [1.82, 2.24) is 0 Å². The third kappa shape index (κ3) is 2.65. The van der Waals surface area contributed by atoms with Crippen LogP contribution in [0.4, 0.5) is 4.39 Å². The van der Waals surface area contributed by atoms with E-state index in [9.17, 15) is 19.4 Å². The van der Waals surface area contributed by atoms with Gasteiger partial charge in [0.25, 0.3) is 0 Å². The standard InChI is InChI=1S/C11H13FO5/c1-3-17-11(15)10(14)6-4-5-7(16-2)8(12)9(6)13/h4-5,10,13-14H,3H2,1-2H3. The quantitative estimate of drug-likeness (QED) is 0.777. The van der Waals surface area contributed by atoms with Gasteiger partial charge in [-0.1, -0.05) is 0 Å². The second-order valence-corrected chi connectivity index (χ2v) is 3.17. The lowest BCUT2D eigenvalue weighted by atomic mass is 10.1. The van der Waals surface area contributed by atoms with Crippen LogP contribution >= 0.6 is 0 Å². The van der Waals surface area contributed by atoms with Gasteiger partial charge in [-0.2, -0.15) is 4.39 Å². The molecule has 5 nitrogen and oxygen atoms in total.